The van der Waals surface area contributed by atoms with Crippen LogP contribution in [0.2, 0.25) is 0 Å². The molecule has 4 heterocycles. The smallest absolute Gasteiger partial charge is 0.307 e. The lowest BCUT2D eigenvalue weighted by Crippen LogP contribution is -2.34. The average Bonchev–Trinajstić information content (AvgIpc) is 3.74. The van der Waals surface area contributed by atoms with Crippen LogP contribution in [0.4, 0.5) is 20.2 Å². The Kier molecular flexibility index (Phi) is 9.06. The topological polar surface area (TPSA) is 171 Å². The fraction of sp³-hybridized carbons (Fsp3) is 0.200. The number of hydrogen-bond donors (Lipinski definition) is 1. The van der Waals surface area contributed by atoms with E-state index in [9.17, 15) is 38.6 Å². The summed E-state index contributed by atoms with van der Waals surface area (Å²) in [5.74, 6) is -0.962. The van der Waals surface area contributed by atoms with Crippen molar-refractivity contribution in [2.75, 3.05) is 6.54 Å². The molecule has 0 spiro atoms. The maximum atomic E-state index is 13.2. The molecule has 0 radical (unpaired) electrons. The third-order valence-electron chi connectivity index (χ3n) is 7.24. The van der Waals surface area contributed by atoms with Gasteiger partial charge in [-0.05, 0) is 55.5 Å². The monoisotopic (exact) mass is 632 g/mol. The molecule has 6 rings (SSSR count). The Bertz CT molecular complexity index is 1880. The van der Waals surface area contributed by atoms with E-state index in [0.717, 1.165) is 6.20 Å². The molecule has 2 aliphatic heterocycles. The van der Waals surface area contributed by atoms with Crippen LogP contribution in [-0.4, -0.2) is 52.7 Å². The van der Waals surface area contributed by atoms with Gasteiger partial charge in [0.05, 0.1) is 32.6 Å². The summed E-state index contributed by atoms with van der Waals surface area (Å²) in [5, 5.41) is 32.4. The predicted octanol–water partition coefficient (Wildman–Crippen LogP) is 5.06. The number of amides is 2. The number of hydrogen-bond acceptors (Lipinski definition) is 8. The second-order valence-corrected chi connectivity index (χ2v) is 10.1. The van der Waals surface area contributed by atoms with Crippen LogP contribution in [0, 0.1) is 31.9 Å². The highest BCUT2D eigenvalue weighted by Gasteiger charge is 2.29. The van der Waals surface area contributed by atoms with Crippen molar-refractivity contribution in [3.8, 4) is 0 Å². The molecule has 0 saturated carbocycles. The van der Waals surface area contributed by atoms with Gasteiger partial charge in [-0.1, -0.05) is 0 Å². The van der Waals surface area contributed by atoms with Crippen molar-refractivity contribution >= 4 is 46.0 Å². The largest absolute Gasteiger partial charge is 0.324 e. The summed E-state index contributed by atoms with van der Waals surface area (Å²) in [6, 6.07) is 11.4. The summed E-state index contributed by atoms with van der Waals surface area (Å²) < 4.78 is 29.1. The number of halogens is 2. The Balaban J connectivity index is 0.000000182. The highest BCUT2D eigenvalue weighted by molar-refractivity contribution is 5.98. The lowest BCUT2D eigenvalue weighted by atomic mass is 10.0. The average molecular weight is 633 g/mol. The van der Waals surface area contributed by atoms with Gasteiger partial charge in [-0.2, -0.15) is 10.2 Å². The molecule has 2 aromatic carbocycles. The molecule has 2 amide bonds. The van der Waals surface area contributed by atoms with Crippen molar-refractivity contribution < 1.29 is 28.2 Å². The maximum absolute atomic E-state index is 13.2. The fourth-order valence-corrected chi connectivity index (χ4v) is 5.07. The number of nitrogens with zero attached hydrogens (tertiary/aromatic N) is 7. The summed E-state index contributed by atoms with van der Waals surface area (Å²) in [5.41, 5.74) is 3.40. The zero-order chi connectivity index (χ0) is 33.0. The molecule has 14 nitrogen and oxygen atoms in total. The van der Waals surface area contributed by atoms with E-state index < -0.39 is 9.85 Å². The van der Waals surface area contributed by atoms with E-state index in [-0.39, 0.29) is 41.2 Å². The minimum atomic E-state index is -0.539. The zero-order valence-corrected chi connectivity index (χ0v) is 24.3. The number of carbonyl (C=O) groups excluding carboxylic acids is 2. The summed E-state index contributed by atoms with van der Waals surface area (Å²) in [6.07, 6.45) is 6.26. The molecular weight excluding hydrogens is 606 g/mol. The molecule has 0 fully saturated rings. The van der Waals surface area contributed by atoms with Crippen molar-refractivity contribution in [1.29, 1.82) is 0 Å². The van der Waals surface area contributed by atoms with E-state index in [1.54, 1.807) is 17.0 Å². The van der Waals surface area contributed by atoms with Crippen LogP contribution < -0.4 is 5.32 Å². The molecule has 2 aromatic heterocycles. The molecule has 0 unspecified atom stereocenters. The summed E-state index contributed by atoms with van der Waals surface area (Å²) in [7, 11) is 0. The number of nitrogens with one attached hydrogen (secondary N) is 1. The van der Waals surface area contributed by atoms with Crippen LogP contribution >= 0.6 is 0 Å². The molecule has 236 valence electrons. The number of nitro groups is 2. The van der Waals surface area contributed by atoms with Crippen LogP contribution in [-0.2, 0) is 9.59 Å². The van der Waals surface area contributed by atoms with Crippen molar-refractivity contribution in [2.24, 2.45) is 0 Å². The molecule has 0 saturated heterocycles. The van der Waals surface area contributed by atoms with Crippen LogP contribution in [0.1, 0.15) is 43.7 Å². The molecule has 1 N–H and O–H groups in total. The lowest BCUT2D eigenvalue weighted by Gasteiger charge is -2.31. The quantitative estimate of drug-likeness (QED) is 0.217. The summed E-state index contributed by atoms with van der Waals surface area (Å²) in [6.45, 7) is 2.29. The first-order valence-corrected chi connectivity index (χ1v) is 14.0. The first-order valence-electron chi connectivity index (χ1n) is 14.0. The molecular formula is C30H26F2N8O6. The van der Waals surface area contributed by atoms with E-state index in [2.05, 4.69) is 15.5 Å². The third kappa shape index (κ3) is 6.69. The van der Waals surface area contributed by atoms with Crippen LogP contribution in [0.15, 0.2) is 73.3 Å². The Morgan fingerprint density at radius 1 is 0.761 bits per heavy atom. The van der Waals surface area contributed by atoms with Gasteiger partial charge < -0.3 is 10.2 Å². The molecule has 16 heteroatoms. The van der Waals surface area contributed by atoms with Crippen molar-refractivity contribution in [3.05, 3.63) is 116 Å². The minimum Gasteiger partial charge on any atom is -0.324 e. The Morgan fingerprint density at radius 3 is 1.76 bits per heavy atom. The number of rotatable bonds is 7. The Hall–Kier alpha value is -6.06. The highest BCUT2D eigenvalue weighted by Crippen LogP contribution is 2.34. The van der Waals surface area contributed by atoms with Gasteiger partial charge in [-0.25, -0.2) is 18.1 Å². The van der Waals surface area contributed by atoms with Gasteiger partial charge in [0, 0.05) is 43.4 Å². The molecule has 46 heavy (non-hydrogen) atoms. The number of aromatic nitrogens is 4. The van der Waals surface area contributed by atoms with E-state index >= 15 is 0 Å². The van der Waals surface area contributed by atoms with Crippen LogP contribution in [0.25, 0.3) is 22.8 Å². The lowest BCUT2D eigenvalue weighted by molar-refractivity contribution is -0.385. The van der Waals surface area contributed by atoms with Crippen molar-refractivity contribution in [2.45, 2.75) is 32.6 Å². The van der Waals surface area contributed by atoms with E-state index in [0.29, 0.717) is 59.7 Å². The van der Waals surface area contributed by atoms with Gasteiger partial charge in [0.2, 0.25) is 11.8 Å². The van der Waals surface area contributed by atoms with Gasteiger partial charge in [0.1, 0.15) is 36.4 Å². The van der Waals surface area contributed by atoms with E-state index in [1.807, 2.05) is 6.92 Å². The fourth-order valence-electron chi connectivity index (χ4n) is 5.07. The normalized spacial score (nSPS) is 15.0. The Morgan fingerprint density at radius 2 is 1.26 bits per heavy atom. The van der Waals surface area contributed by atoms with Crippen molar-refractivity contribution in [3.63, 3.8) is 0 Å². The van der Waals surface area contributed by atoms with Gasteiger partial charge in [-0.3, -0.25) is 29.8 Å². The minimum absolute atomic E-state index is 0.0396. The van der Waals surface area contributed by atoms with Crippen LogP contribution in [0.5, 0.6) is 0 Å². The van der Waals surface area contributed by atoms with Gasteiger partial charge in [0.15, 0.2) is 0 Å². The molecule has 2 aliphatic rings. The van der Waals surface area contributed by atoms with Gasteiger partial charge in [-0.15, -0.1) is 0 Å². The second kappa shape index (κ2) is 13.3. The van der Waals surface area contributed by atoms with Gasteiger partial charge >= 0.3 is 11.4 Å². The van der Waals surface area contributed by atoms with Crippen molar-refractivity contribution in [1.82, 2.24) is 29.8 Å². The number of carbonyl (C=O) groups is 2. The van der Waals surface area contributed by atoms with Crippen LogP contribution in [0.3, 0.4) is 0 Å². The Labute approximate surface area is 259 Å². The SMILES string of the molecule is CCN1C(=O)CCC(n2cc([N+](=O)[O-])cn2)=C1c1ccc(F)cc1.O=C1CCC(n2cc([N+](=O)[O-])cn2)=C(c2ccc(F)cc2)N1. The van der Waals surface area contributed by atoms with E-state index in [4.69, 9.17) is 0 Å². The van der Waals surface area contributed by atoms with Gasteiger partial charge in [0.25, 0.3) is 0 Å². The summed E-state index contributed by atoms with van der Waals surface area (Å²) >= 11 is 0. The molecule has 0 bridgehead atoms. The third-order valence-corrected chi connectivity index (χ3v) is 7.24. The maximum Gasteiger partial charge on any atom is 0.307 e. The standard InChI is InChI=1S/C16H15FN4O3.C14H11FN4O3/c1-2-19-15(22)8-7-14(20-10-13(9-18-20)21(23)24)16(19)11-3-5-12(17)6-4-11;15-10-3-1-9(2-4-10)14-12(5-6-13(20)17-14)18-8-11(7-16-18)19(21)22/h3-6,9-10H,2,7-8H2,1H3;1-4,7-8H,5-6H2,(H,17,20). The number of allylic oxidation sites excluding steroid dienone is 2. The van der Waals surface area contributed by atoms with E-state index in [1.165, 1.54) is 64.4 Å². The summed E-state index contributed by atoms with van der Waals surface area (Å²) in [4.78, 5) is 46.1. The first-order chi connectivity index (χ1) is 22.0. The molecule has 4 aromatic rings. The zero-order valence-electron chi connectivity index (χ0n) is 24.3. The molecule has 0 aliphatic carbocycles. The first kappa shape index (κ1) is 31.4. The second-order valence-electron chi connectivity index (χ2n) is 10.1. The molecule has 0 atom stereocenters. The highest BCUT2D eigenvalue weighted by atomic mass is 19.1. The number of benzene rings is 2. The predicted molar refractivity (Wildman–Crippen MR) is 161 cm³/mol.